The van der Waals surface area contributed by atoms with Crippen molar-refractivity contribution in [2.75, 3.05) is 0 Å². The molecule has 0 aliphatic rings. The Hall–Kier alpha value is -1.35. The summed E-state index contributed by atoms with van der Waals surface area (Å²) >= 11 is 5.82. The molecule has 0 radical (unpaired) electrons. The Bertz CT molecular complexity index is 560. The minimum Gasteiger partial charge on any atom is -0.443 e. The minimum atomic E-state index is -0.0870. The predicted octanol–water partition coefficient (Wildman–Crippen LogP) is 2.46. The van der Waals surface area contributed by atoms with Crippen LogP contribution in [0.4, 0.5) is 0 Å². The van der Waals surface area contributed by atoms with E-state index >= 15 is 0 Å². The topological polar surface area (TPSA) is 43.1 Å². The van der Waals surface area contributed by atoms with E-state index in [1.807, 2.05) is 0 Å². The lowest BCUT2D eigenvalue weighted by molar-refractivity contribution is 0.553. The number of rotatable bonds is 0. The standard InChI is InChI=1S/C10H8ClNO2/c1-5-3-7-8(13)4-6(2)14-10(7)12-9(5)11/h3-4H,1-2H3. The van der Waals surface area contributed by atoms with Gasteiger partial charge >= 0.3 is 0 Å². The molecule has 0 amide bonds. The van der Waals surface area contributed by atoms with Crippen molar-refractivity contribution in [2.45, 2.75) is 13.8 Å². The van der Waals surface area contributed by atoms with Crippen LogP contribution in [-0.4, -0.2) is 4.98 Å². The van der Waals surface area contributed by atoms with Crippen molar-refractivity contribution in [3.8, 4) is 0 Å². The molecule has 0 unspecified atom stereocenters. The maximum absolute atomic E-state index is 11.5. The van der Waals surface area contributed by atoms with E-state index in [4.69, 9.17) is 16.0 Å². The number of nitrogens with zero attached hydrogens (tertiary/aromatic N) is 1. The maximum atomic E-state index is 11.5. The summed E-state index contributed by atoms with van der Waals surface area (Å²) in [5.74, 6) is 0.537. The first-order valence-electron chi connectivity index (χ1n) is 4.15. The molecular formula is C10H8ClNO2. The average Bonchev–Trinajstić information content (AvgIpc) is 2.08. The number of fused-ring (bicyclic) bond motifs is 1. The van der Waals surface area contributed by atoms with Gasteiger partial charge in [0, 0.05) is 6.07 Å². The first-order valence-corrected chi connectivity index (χ1v) is 4.53. The smallest absolute Gasteiger partial charge is 0.231 e. The van der Waals surface area contributed by atoms with Crippen molar-refractivity contribution in [3.63, 3.8) is 0 Å². The van der Waals surface area contributed by atoms with Crippen LogP contribution in [0.2, 0.25) is 5.15 Å². The van der Waals surface area contributed by atoms with Gasteiger partial charge < -0.3 is 4.42 Å². The lowest BCUT2D eigenvalue weighted by atomic mass is 10.2. The van der Waals surface area contributed by atoms with Gasteiger partial charge in [-0.3, -0.25) is 4.79 Å². The Morgan fingerprint density at radius 3 is 2.79 bits per heavy atom. The zero-order valence-electron chi connectivity index (χ0n) is 7.80. The number of aryl methyl sites for hydroxylation is 2. The second kappa shape index (κ2) is 3.10. The highest BCUT2D eigenvalue weighted by atomic mass is 35.5. The highest BCUT2D eigenvalue weighted by Crippen LogP contribution is 2.17. The van der Waals surface area contributed by atoms with Crippen molar-refractivity contribution < 1.29 is 4.42 Å². The van der Waals surface area contributed by atoms with Crippen LogP contribution in [0.1, 0.15) is 11.3 Å². The molecule has 2 rings (SSSR count). The van der Waals surface area contributed by atoms with E-state index in [-0.39, 0.29) is 5.43 Å². The molecule has 0 aliphatic carbocycles. The second-order valence-electron chi connectivity index (χ2n) is 3.17. The van der Waals surface area contributed by atoms with Gasteiger partial charge in [-0.1, -0.05) is 11.6 Å². The molecule has 2 aromatic heterocycles. The molecule has 14 heavy (non-hydrogen) atoms. The normalized spacial score (nSPS) is 10.8. The quantitative estimate of drug-likeness (QED) is 0.626. The van der Waals surface area contributed by atoms with Crippen LogP contribution >= 0.6 is 11.6 Å². The molecule has 0 aromatic carbocycles. The Kier molecular flexibility index (Phi) is 2.04. The van der Waals surface area contributed by atoms with Crippen LogP contribution in [0.5, 0.6) is 0 Å². The van der Waals surface area contributed by atoms with E-state index < -0.39 is 0 Å². The van der Waals surface area contributed by atoms with E-state index in [0.29, 0.717) is 22.0 Å². The summed E-state index contributed by atoms with van der Waals surface area (Å²) in [5.41, 5.74) is 0.983. The molecule has 0 fully saturated rings. The molecule has 72 valence electrons. The monoisotopic (exact) mass is 209 g/mol. The van der Waals surface area contributed by atoms with E-state index in [0.717, 1.165) is 5.56 Å². The van der Waals surface area contributed by atoms with Crippen LogP contribution in [-0.2, 0) is 0 Å². The van der Waals surface area contributed by atoms with Crippen molar-refractivity contribution >= 4 is 22.7 Å². The highest BCUT2D eigenvalue weighted by Gasteiger charge is 2.06. The molecule has 3 nitrogen and oxygen atoms in total. The van der Waals surface area contributed by atoms with E-state index in [1.165, 1.54) is 6.07 Å². The fourth-order valence-corrected chi connectivity index (χ4v) is 1.41. The van der Waals surface area contributed by atoms with E-state index in [1.54, 1.807) is 19.9 Å². The van der Waals surface area contributed by atoms with Gasteiger partial charge in [0.15, 0.2) is 5.43 Å². The minimum absolute atomic E-state index is 0.0870. The Morgan fingerprint density at radius 1 is 1.36 bits per heavy atom. The van der Waals surface area contributed by atoms with Gasteiger partial charge in [0.05, 0.1) is 5.39 Å². The molecular weight excluding hydrogens is 202 g/mol. The van der Waals surface area contributed by atoms with Gasteiger partial charge in [0.1, 0.15) is 10.9 Å². The summed E-state index contributed by atoms with van der Waals surface area (Å²) in [6.45, 7) is 3.50. The average molecular weight is 210 g/mol. The molecule has 0 saturated carbocycles. The Morgan fingerprint density at radius 2 is 2.07 bits per heavy atom. The number of halogens is 1. The van der Waals surface area contributed by atoms with Gasteiger partial charge in [-0.2, -0.15) is 0 Å². The zero-order chi connectivity index (χ0) is 10.3. The molecule has 0 aliphatic heterocycles. The summed E-state index contributed by atoms with van der Waals surface area (Å²) < 4.78 is 5.28. The predicted molar refractivity (Wildman–Crippen MR) is 54.8 cm³/mol. The molecule has 0 bridgehead atoms. The SMILES string of the molecule is Cc1cc(=O)c2cc(C)c(Cl)nc2o1. The summed E-state index contributed by atoms with van der Waals surface area (Å²) in [6.07, 6.45) is 0. The van der Waals surface area contributed by atoms with Crippen LogP contribution < -0.4 is 5.43 Å². The molecule has 2 heterocycles. The van der Waals surface area contributed by atoms with Gasteiger partial charge in [0.25, 0.3) is 0 Å². The fraction of sp³-hybridized carbons (Fsp3) is 0.200. The molecule has 0 spiro atoms. The second-order valence-corrected chi connectivity index (χ2v) is 3.53. The number of aromatic nitrogens is 1. The first-order chi connectivity index (χ1) is 6.58. The maximum Gasteiger partial charge on any atom is 0.231 e. The number of hydrogen-bond donors (Lipinski definition) is 0. The highest BCUT2D eigenvalue weighted by molar-refractivity contribution is 6.30. The van der Waals surface area contributed by atoms with E-state index in [2.05, 4.69) is 4.98 Å². The summed E-state index contributed by atoms with van der Waals surface area (Å²) in [6, 6.07) is 3.13. The zero-order valence-corrected chi connectivity index (χ0v) is 8.55. The Labute approximate surface area is 85.3 Å². The van der Waals surface area contributed by atoms with Crippen molar-refractivity contribution in [3.05, 3.63) is 38.8 Å². The van der Waals surface area contributed by atoms with Crippen LogP contribution in [0.3, 0.4) is 0 Å². The molecule has 0 atom stereocenters. The van der Waals surface area contributed by atoms with Crippen LogP contribution in [0.25, 0.3) is 11.1 Å². The fourth-order valence-electron chi connectivity index (χ4n) is 1.27. The molecule has 0 saturated heterocycles. The van der Waals surface area contributed by atoms with Crippen LogP contribution in [0, 0.1) is 13.8 Å². The lowest BCUT2D eigenvalue weighted by Crippen LogP contribution is -2.02. The molecule has 2 aromatic rings. The van der Waals surface area contributed by atoms with E-state index in [9.17, 15) is 4.79 Å². The number of hydrogen-bond acceptors (Lipinski definition) is 3. The largest absolute Gasteiger partial charge is 0.443 e. The number of pyridine rings is 1. The van der Waals surface area contributed by atoms with Crippen LogP contribution in [0.15, 0.2) is 21.3 Å². The van der Waals surface area contributed by atoms with Crippen molar-refractivity contribution in [2.24, 2.45) is 0 Å². The first kappa shape index (κ1) is 9.21. The third kappa shape index (κ3) is 1.40. The Balaban J connectivity index is 2.96. The van der Waals surface area contributed by atoms with Gasteiger partial charge in [-0.15, -0.1) is 0 Å². The van der Waals surface area contributed by atoms with Gasteiger partial charge in [-0.05, 0) is 25.5 Å². The molecule has 0 N–H and O–H groups in total. The summed E-state index contributed by atoms with van der Waals surface area (Å²) in [5, 5.41) is 0.837. The third-order valence-corrected chi connectivity index (χ3v) is 2.36. The summed E-state index contributed by atoms with van der Waals surface area (Å²) in [4.78, 5) is 15.5. The van der Waals surface area contributed by atoms with Crippen molar-refractivity contribution in [1.29, 1.82) is 0 Å². The van der Waals surface area contributed by atoms with Gasteiger partial charge in [-0.25, -0.2) is 4.98 Å². The summed E-state index contributed by atoms with van der Waals surface area (Å²) in [7, 11) is 0. The third-order valence-electron chi connectivity index (χ3n) is 1.97. The molecule has 4 heteroatoms. The van der Waals surface area contributed by atoms with Crippen molar-refractivity contribution in [1.82, 2.24) is 4.98 Å². The lowest BCUT2D eigenvalue weighted by Gasteiger charge is -2.00. The van der Waals surface area contributed by atoms with Gasteiger partial charge in [0.2, 0.25) is 5.71 Å².